The molecular formula is C48H31F2IrN4O3-. The van der Waals surface area contributed by atoms with Crippen molar-refractivity contribution in [3.63, 3.8) is 0 Å². The molecule has 0 unspecified atom stereocenters. The van der Waals surface area contributed by atoms with Crippen molar-refractivity contribution >= 4 is 49.6 Å². The van der Waals surface area contributed by atoms with E-state index >= 15 is 0 Å². The smallest absolute Gasteiger partial charge is 0.358 e. The maximum absolute atomic E-state index is 13.2. The van der Waals surface area contributed by atoms with Gasteiger partial charge in [0.2, 0.25) is 0 Å². The van der Waals surface area contributed by atoms with E-state index in [1.54, 1.807) is 36.5 Å². The fraction of sp³-hybridized carbons (Fsp3) is 0.0208. The molecule has 0 saturated heterocycles. The summed E-state index contributed by atoms with van der Waals surface area (Å²) in [5.41, 5.74) is 7.83. The Labute approximate surface area is 344 Å². The average molecular weight is 942 g/mol. The number of fused-ring (bicyclic) bond motifs is 6. The van der Waals surface area contributed by atoms with Gasteiger partial charge in [0, 0.05) is 77.1 Å². The second kappa shape index (κ2) is 16.2. The Morgan fingerprint density at radius 2 is 1.12 bits per heavy atom. The van der Waals surface area contributed by atoms with Crippen molar-refractivity contribution in [2.75, 3.05) is 0 Å². The SMILES string of the molecule is Fc1c[c-]c(-c2ccccn2)c(F)c1.O=C(O)c1ncccc1OCc1cc(-n2c3ccccc3c3ccccc32)cc(-n2c3ccccc3c3ccccc32)c1.[Ir]. The fourth-order valence-corrected chi connectivity index (χ4v) is 7.38. The first-order valence-corrected chi connectivity index (χ1v) is 18.1. The molecule has 58 heavy (non-hydrogen) atoms. The van der Waals surface area contributed by atoms with Gasteiger partial charge >= 0.3 is 5.97 Å². The van der Waals surface area contributed by atoms with E-state index < -0.39 is 17.6 Å². The summed E-state index contributed by atoms with van der Waals surface area (Å²) >= 11 is 0. The van der Waals surface area contributed by atoms with Gasteiger partial charge in [0.25, 0.3) is 0 Å². The van der Waals surface area contributed by atoms with Crippen LogP contribution >= 0.6 is 0 Å². The number of carboxylic acid groups (broad SMARTS) is 1. The van der Waals surface area contributed by atoms with E-state index in [1.807, 2.05) is 0 Å². The number of rotatable bonds is 7. The molecule has 0 atom stereocenters. The molecule has 285 valence electrons. The Bertz CT molecular complexity index is 2870. The minimum atomic E-state index is -1.12. The molecule has 10 aromatic rings. The second-order valence-corrected chi connectivity index (χ2v) is 13.3. The third kappa shape index (κ3) is 7.11. The number of halogens is 2. The monoisotopic (exact) mass is 942 g/mol. The van der Waals surface area contributed by atoms with Crippen LogP contribution in [0.15, 0.2) is 170 Å². The number of nitrogens with zero attached hydrogens (tertiary/aromatic N) is 4. The quantitative estimate of drug-likeness (QED) is 0.161. The van der Waals surface area contributed by atoms with E-state index in [4.69, 9.17) is 4.74 Å². The first-order valence-electron chi connectivity index (χ1n) is 18.1. The maximum atomic E-state index is 13.2. The van der Waals surface area contributed by atoms with Crippen molar-refractivity contribution < 1.29 is 43.5 Å². The number of hydrogen-bond acceptors (Lipinski definition) is 4. The zero-order chi connectivity index (χ0) is 38.9. The number of pyridine rings is 2. The van der Waals surface area contributed by atoms with Gasteiger partial charge in [-0.3, -0.25) is 8.78 Å². The summed E-state index contributed by atoms with van der Waals surface area (Å²) in [7, 11) is 0. The number of benzene rings is 6. The van der Waals surface area contributed by atoms with E-state index in [0.717, 1.165) is 51.1 Å². The molecule has 0 aliphatic rings. The third-order valence-electron chi connectivity index (χ3n) is 9.79. The van der Waals surface area contributed by atoms with Crippen LogP contribution in [0.25, 0.3) is 66.2 Å². The molecule has 1 radical (unpaired) electrons. The molecule has 4 aromatic heterocycles. The molecule has 10 rings (SSSR count). The Hall–Kier alpha value is -7.00. The Balaban J connectivity index is 0.000000265. The Morgan fingerprint density at radius 1 is 0.621 bits per heavy atom. The second-order valence-electron chi connectivity index (χ2n) is 13.3. The zero-order valence-corrected chi connectivity index (χ0v) is 32.9. The molecule has 0 bridgehead atoms. The van der Waals surface area contributed by atoms with Gasteiger partial charge in [-0.25, -0.2) is 9.78 Å². The molecule has 1 N–H and O–H groups in total. The van der Waals surface area contributed by atoms with Crippen LogP contribution in [-0.4, -0.2) is 30.2 Å². The van der Waals surface area contributed by atoms with Crippen LogP contribution in [0.1, 0.15) is 16.1 Å². The van der Waals surface area contributed by atoms with Crippen LogP contribution < -0.4 is 4.74 Å². The molecule has 10 heteroatoms. The summed E-state index contributed by atoms with van der Waals surface area (Å²) in [5, 5.41) is 14.4. The number of ether oxygens (including phenoxy) is 1. The molecule has 0 spiro atoms. The summed E-state index contributed by atoms with van der Waals surface area (Å²) in [4.78, 5) is 19.8. The van der Waals surface area contributed by atoms with Crippen molar-refractivity contribution in [2.45, 2.75) is 6.61 Å². The Kier molecular flexibility index (Phi) is 10.6. The predicted molar refractivity (Wildman–Crippen MR) is 219 cm³/mol. The molecule has 6 aromatic carbocycles. The van der Waals surface area contributed by atoms with Gasteiger partial charge < -0.3 is 24.0 Å². The summed E-state index contributed by atoms with van der Waals surface area (Å²) < 4.78 is 36.5. The molecule has 0 amide bonds. The van der Waals surface area contributed by atoms with Crippen molar-refractivity contribution in [1.29, 1.82) is 0 Å². The predicted octanol–water partition coefficient (Wildman–Crippen LogP) is 11.4. The summed E-state index contributed by atoms with van der Waals surface area (Å²) in [6, 6.07) is 53.1. The summed E-state index contributed by atoms with van der Waals surface area (Å²) in [5.74, 6) is -2.18. The standard InChI is InChI=1S/C37H25N3O3.C11H6F2N.Ir/c41-37(42)36-35(18-9-19-38-36)43-23-24-20-25(39-31-14-5-1-10-27(31)28-11-2-6-15-32(28)39)22-26(21-24)40-33-16-7-3-12-29(33)30-13-4-8-17-34(30)40;12-8-4-5-9(10(13)7-8)11-3-1-2-6-14-11;/h1-22H,23H2,(H,41,42);1-4,6-7H;/q;-1;. The minimum Gasteiger partial charge on any atom is -0.486 e. The van der Waals surface area contributed by atoms with Crippen molar-refractivity contribution in [3.05, 3.63) is 199 Å². The fourth-order valence-electron chi connectivity index (χ4n) is 7.38. The molecular weight excluding hydrogens is 911 g/mol. The van der Waals surface area contributed by atoms with E-state index in [2.05, 4.69) is 140 Å². The van der Waals surface area contributed by atoms with E-state index in [9.17, 15) is 18.7 Å². The molecule has 0 aliphatic carbocycles. The van der Waals surface area contributed by atoms with Crippen LogP contribution in [0.5, 0.6) is 5.75 Å². The van der Waals surface area contributed by atoms with Gasteiger partial charge in [-0.2, -0.15) is 0 Å². The number of carboxylic acids is 1. The van der Waals surface area contributed by atoms with Crippen LogP contribution in [0, 0.1) is 17.7 Å². The van der Waals surface area contributed by atoms with Gasteiger partial charge in [-0.15, -0.1) is 12.1 Å². The molecule has 4 heterocycles. The van der Waals surface area contributed by atoms with E-state index in [1.165, 1.54) is 27.7 Å². The van der Waals surface area contributed by atoms with Gasteiger partial charge in [0.15, 0.2) is 11.4 Å². The molecule has 0 fully saturated rings. The molecule has 0 aliphatic heterocycles. The number of aromatic nitrogens is 4. The number of carbonyl (C=O) groups is 1. The summed E-state index contributed by atoms with van der Waals surface area (Å²) in [6.07, 6.45) is 3.01. The number of para-hydroxylation sites is 4. The minimum absolute atomic E-state index is 0. The topological polar surface area (TPSA) is 82.2 Å². The zero-order valence-electron chi connectivity index (χ0n) is 30.5. The third-order valence-corrected chi connectivity index (χ3v) is 9.79. The van der Waals surface area contributed by atoms with Gasteiger partial charge in [-0.05, 0) is 71.9 Å². The van der Waals surface area contributed by atoms with E-state index in [0.29, 0.717) is 5.69 Å². The molecule has 7 nitrogen and oxygen atoms in total. The van der Waals surface area contributed by atoms with E-state index in [-0.39, 0.29) is 43.7 Å². The average Bonchev–Trinajstić information content (AvgIpc) is 3.77. The normalized spacial score (nSPS) is 11.0. The van der Waals surface area contributed by atoms with Crippen LogP contribution in [0.4, 0.5) is 8.78 Å². The maximum Gasteiger partial charge on any atom is 0.358 e. The largest absolute Gasteiger partial charge is 0.486 e. The first kappa shape index (κ1) is 37.9. The van der Waals surface area contributed by atoms with Crippen LogP contribution in [-0.2, 0) is 26.7 Å². The summed E-state index contributed by atoms with van der Waals surface area (Å²) in [6.45, 7) is 0.168. The Morgan fingerprint density at radius 3 is 1.60 bits per heavy atom. The van der Waals surface area contributed by atoms with Gasteiger partial charge in [0.1, 0.15) is 6.61 Å². The number of aromatic carboxylic acids is 1. The van der Waals surface area contributed by atoms with Crippen molar-refractivity contribution in [1.82, 2.24) is 19.1 Å². The van der Waals surface area contributed by atoms with Crippen LogP contribution in [0.3, 0.4) is 0 Å². The van der Waals surface area contributed by atoms with Crippen molar-refractivity contribution in [2.24, 2.45) is 0 Å². The van der Waals surface area contributed by atoms with Crippen LogP contribution in [0.2, 0.25) is 0 Å². The molecule has 0 saturated carbocycles. The first-order chi connectivity index (χ1) is 27.9. The number of hydrogen-bond donors (Lipinski definition) is 1. The van der Waals surface area contributed by atoms with Gasteiger partial charge in [-0.1, -0.05) is 96.6 Å². The van der Waals surface area contributed by atoms with Crippen molar-refractivity contribution in [3.8, 4) is 28.4 Å². The van der Waals surface area contributed by atoms with Gasteiger partial charge in [0.05, 0.1) is 22.1 Å².